The smallest absolute Gasteiger partial charge is 0.302 e. The van der Waals surface area contributed by atoms with Gasteiger partial charge in [-0.3, -0.25) is 9.52 Å². The molecule has 3 heterocycles. The number of nitrogens with one attached hydrogen (secondary N) is 2. The number of anilines is 1. The van der Waals surface area contributed by atoms with Crippen LogP contribution in [0.3, 0.4) is 0 Å². The van der Waals surface area contributed by atoms with Gasteiger partial charge in [0.1, 0.15) is 22.5 Å². The predicted molar refractivity (Wildman–Crippen MR) is 144 cm³/mol. The van der Waals surface area contributed by atoms with Gasteiger partial charge in [0, 0.05) is 32.4 Å². The Bertz CT molecular complexity index is 1410. The van der Waals surface area contributed by atoms with E-state index in [2.05, 4.69) is 46.8 Å². The van der Waals surface area contributed by atoms with Crippen LogP contribution in [-0.4, -0.2) is 54.0 Å². The Balaban J connectivity index is 1.51. The molecule has 0 aliphatic heterocycles. The van der Waals surface area contributed by atoms with Gasteiger partial charge in [-0.1, -0.05) is 38.2 Å². The number of aromatic nitrogens is 3. The lowest BCUT2D eigenvalue weighted by atomic mass is 9.71. The first-order valence-electron chi connectivity index (χ1n) is 12.1. The van der Waals surface area contributed by atoms with Crippen LogP contribution in [-0.2, 0) is 27.8 Å². The van der Waals surface area contributed by atoms with Crippen molar-refractivity contribution in [3.63, 3.8) is 0 Å². The number of fused-ring (bicyclic) bond motifs is 2. The van der Waals surface area contributed by atoms with Crippen LogP contribution in [0, 0.1) is 11.3 Å². The molecule has 12 heteroatoms. The molecule has 4 rings (SSSR count). The Labute approximate surface area is 221 Å². The Morgan fingerprint density at radius 3 is 2.65 bits per heavy atom. The summed E-state index contributed by atoms with van der Waals surface area (Å²) >= 11 is 1.23. The van der Waals surface area contributed by atoms with Crippen molar-refractivity contribution in [1.82, 2.24) is 24.6 Å². The highest BCUT2D eigenvalue weighted by molar-refractivity contribution is 7.90. The van der Waals surface area contributed by atoms with E-state index in [-0.39, 0.29) is 22.7 Å². The fraction of sp³-hybridized carbons (Fsp3) is 0.480. The molecule has 0 spiro atoms. The van der Waals surface area contributed by atoms with E-state index in [9.17, 15) is 18.0 Å². The van der Waals surface area contributed by atoms with Gasteiger partial charge >= 0.3 is 10.2 Å². The third-order valence-electron chi connectivity index (χ3n) is 6.71. The average Bonchev–Trinajstić information content (AvgIpc) is 3.24. The van der Waals surface area contributed by atoms with Crippen molar-refractivity contribution < 1.29 is 18.0 Å². The monoisotopic (exact) mass is 544 g/mol. The molecule has 37 heavy (non-hydrogen) atoms. The van der Waals surface area contributed by atoms with Gasteiger partial charge in [0.2, 0.25) is 0 Å². The zero-order valence-electron chi connectivity index (χ0n) is 21.6. The van der Waals surface area contributed by atoms with E-state index in [4.69, 9.17) is 4.98 Å². The number of carbonyl (C=O) groups excluding carboxylic acids is 2. The molecule has 0 aromatic carbocycles. The van der Waals surface area contributed by atoms with Crippen LogP contribution in [0.5, 0.6) is 0 Å². The van der Waals surface area contributed by atoms with Crippen LogP contribution in [0.25, 0.3) is 10.3 Å². The molecule has 10 nitrogen and oxygen atoms in total. The van der Waals surface area contributed by atoms with E-state index in [1.54, 1.807) is 6.07 Å². The van der Waals surface area contributed by atoms with Crippen LogP contribution < -0.4 is 10.0 Å². The van der Waals surface area contributed by atoms with E-state index in [1.165, 1.54) is 43.3 Å². The van der Waals surface area contributed by atoms with Crippen molar-refractivity contribution >= 4 is 49.9 Å². The second kappa shape index (κ2) is 10.4. The molecule has 0 radical (unpaired) electrons. The number of aryl methyl sites for hydroxylation is 1. The summed E-state index contributed by atoms with van der Waals surface area (Å²) in [6, 6.07) is 4.52. The van der Waals surface area contributed by atoms with E-state index in [1.807, 2.05) is 0 Å². The van der Waals surface area contributed by atoms with E-state index in [0.29, 0.717) is 23.3 Å². The van der Waals surface area contributed by atoms with Gasteiger partial charge < -0.3 is 10.1 Å². The van der Waals surface area contributed by atoms with Gasteiger partial charge in [-0.2, -0.15) is 12.7 Å². The zero-order chi connectivity index (χ0) is 27.0. The van der Waals surface area contributed by atoms with Crippen LogP contribution in [0.15, 0.2) is 24.4 Å². The lowest BCUT2D eigenvalue weighted by Crippen LogP contribution is -2.30. The summed E-state index contributed by atoms with van der Waals surface area (Å²) in [4.78, 5) is 38.6. The maximum Gasteiger partial charge on any atom is 0.302 e. The third kappa shape index (κ3) is 6.13. The molecule has 0 saturated heterocycles. The van der Waals surface area contributed by atoms with Crippen LogP contribution in [0.1, 0.15) is 66.3 Å². The summed E-state index contributed by atoms with van der Waals surface area (Å²) in [7, 11) is -0.888. The molecule has 0 unspecified atom stereocenters. The number of hydrogen-bond donors (Lipinski definition) is 2. The largest absolute Gasteiger partial charge is 0.343 e. The molecule has 3 aromatic rings. The normalized spacial score (nSPS) is 16.9. The highest BCUT2D eigenvalue weighted by atomic mass is 32.2. The summed E-state index contributed by atoms with van der Waals surface area (Å²) in [5, 5.41) is 3.13. The molecule has 2 atom stereocenters. The maximum atomic E-state index is 13.1. The second-order valence-corrected chi connectivity index (χ2v) is 13.4. The topological polar surface area (TPSA) is 134 Å². The quantitative estimate of drug-likeness (QED) is 0.414. The molecule has 0 bridgehead atoms. The van der Waals surface area contributed by atoms with Crippen molar-refractivity contribution in [2.75, 3.05) is 18.8 Å². The van der Waals surface area contributed by atoms with Crippen molar-refractivity contribution in [3.05, 3.63) is 46.2 Å². The zero-order valence-corrected chi connectivity index (χ0v) is 23.2. The second-order valence-electron chi connectivity index (χ2n) is 10.5. The molecule has 3 aromatic heterocycles. The van der Waals surface area contributed by atoms with E-state index >= 15 is 0 Å². The van der Waals surface area contributed by atoms with Gasteiger partial charge in [-0.05, 0) is 53.9 Å². The minimum Gasteiger partial charge on any atom is -0.343 e. The van der Waals surface area contributed by atoms with E-state index in [0.717, 1.165) is 34.1 Å². The number of thiazole rings is 1. The molecule has 1 aliphatic rings. The molecule has 0 saturated carbocycles. The van der Waals surface area contributed by atoms with Gasteiger partial charge in [0.05, 0.1) is 6.04 Å². The van der Waals surface area contributed by atoms with Crippen LogP contribution in [0.4, 0.5) is 5.82 Å². The SMILES string of the molecule is CN(C)S(=O)(=O)Nc1ccc([C@@H](CC=O)NC(=O)c2nc3cc4c(nc3s2)CC[C@H](C(C)(C)C)C4)cn1. The Morgan fingerprint density at radius 1 is 1.27 bits per heavy atom. The van der Waals surface area contributed by atoms with E-state index < -0.39 is 22.2 Å². The Kier molecular flexibility index (Phi) is 7.63. The van der Waals surface area contributed by atoms with Gasteiger partial charge in [-0.15, -0.1) is 0 Å². The highest BCUT2D eigenvalue weighted by Crippen LogP contribution is 2.38. The fourth-order valence-electron chi connectivity index (χ4n) is 4.34. The third-order valence-corrected chi connectivity index (χ3v) is 9.10. The number of carbonyl (C=O) groups is 2. The first-order chi connectivity index (χ1) is 17.4. The molecular formula is C25H32N6O4S2. The number of rotatable bonds is 8. The van der Waals surface area contributed by atoms with Crippen molar-refractivity contribution in [1.29, 1.82) is 0 Å². The summed E-state index contributed by atoms with van der Waals surface area (Å²) in [6.07, 6.45) is 5.15. The molecule has 198 valence electrons. The molecule has 1 amide bonds. The minimum absolute atomic E-state index is 0.0296. The Hall–Kier alpha value is -2.96. The lowest BCUT2D eigenvalue weighted by Gasteiger charge is -2.34. The first kappa shape index (κ1) is 27.1. The molecule has 2 N–H and O–H groups in total. The van der Waals surface area contributed by atoms with Gasteiger partial charge in [0.15, 0.2) is 5.01 Å². The Morgan fingerprint density at radius 2 is 2.03 bits per heavy atom. The number of hydrogen-bond acceptors (Lipinski definition) is 8. The highest BCUT2D eigenvalue weighted by Gasteiger charge is 2.30. The first-order valence-corrected chi connectivity index (χ1v) is 14.3. The summed E-state index contributed by atoms with van der Waals surface area (Å²) in [5.74, 6) is 0.296. The van der Waals surface area contributed by atoms with Crippen molar-refractivity contribution in [3.8, 4) is 0 Å². The number of aldehydes is 1. The number of amides is 1. The summed E-state index contributed by atoms with van der Waals surface area (Å²) in [6.45, 7) is 6.79. The molecule has 0 fully saturated rings. The summed E-state index contributed by atoms with van der Waals surface area (Å²) in [5.41, 5.74) is 3.77. The van der Waals surface area contributed by atoms with Crippen molar-refractivity contribution in [2.24, 2.45) is 11.3 Å². The molecular weight excluding hydrogens is 512 g/mol. The van der Waals surface area contributed by atoms with Crippen molar-refractivity contribution in [2.45, 2.75) is 52.5 Å². The lowest BCUT2D eigenvalue weighted by molar-refractivity contribution is -0.108. The minimum atomic E-state index is -3.70. The van der Waals surface area contributed by atoms with Crippen LogP contribution in [0.2, 0.25) is 0 Å². The summed E-state index contributed by atoms with van der Waals surface area (Å²) < 4.78 is 27.4. The number of pyridine rings is 2. The van der Waals surface area contributed by atoms with Gasteiger partial charge in [-0.25, -0.2) is 15.0 Å². The number of nitrogens with zero attached hydrogens (tertiary/aromatic N) is 4. The molecule has 1 aliphatic carbocycles. The van der Waals surface area contributed by atoms with Crippen LogP contribution >= 0.6 is 11.3 Å². The van der Waals surface area contributed by atoms with Gasteiger partial charge in [0.25, 0.3) is 5.91 Å². The standard InChI is InChI=1S/C25H32N6O4S2/c1-25(2,3)17-7-8-18-16(12-17)13-20-23(28-18)36-24(29-20)22(33)27-19(10-11-32)15-6-9-21(26-14-15)30-37(34,35)31(4)5/h6,9,11,13-14,17,19H,7-8,10,12H2,1-5H3,(H,26,30)(H,27,33)/t17-,19+/m0/s1. The predicted octanol–water partition coefficient (Wildman–Crippen LogP) is 3.52. The maximum absolute atomic E-state index is 13.1. The fourth-order valence-corrected chi connectivity index (χ4v) is 5.75. The average molecular weight is 545 g/mol.